The van der Waals surface area contributed by atoms with Crippen molar-refractivity contribution in [3.05, 3.63) is 23.5 Å². The Kier molecular flexibility index (Phi) is 6.98. The number of ether oxygens (including phenoxy) is 1. The Morgan fingerprint density at radius 2 is 2.32 bits per heavy atom. The summed E-state index contributed by atoms with van der Waals surface area (Å²) in [6, 6.07) is 4.14. The van der Waals surface area contributed by atoms with E-state index in [0.29, 0.717) is 12.1 Å². The number of nitrogens with zero attached hydrogens (tertiary/aromatic N) is 2. The van der Waals surface area contributed by atoms with Crippen molar-refractivity contribution in [3.8, 4) is 6.07 Å². The van der Waals surface area contributed by atoms with Gasteiger partial charge in [-0.1, -0.05) is 6.92 Å². The highest BCUT2D eigenvalue weighted by Crippen LogP contribution is 2.23. The Morgan fingerprint density at radius 3 is 2.95 bits per heavy atom. The van der Waals surface area contributed by atoms with E-state index >= 15 is 0 Å². The lowest BCUT2D eigenvalue weighted by atomic mass is 10.1. The van der Waals surface area contributed by atoms with Crippen molar-refractivity contribution in [1.82, 2.24) is 4.98 Å². The quantitative estimate of drug-likeness (QED) is 0.435. The molecule has 1 aromatic heterocycles. The van der Waals surface area contributed by atoms with Crippen molar-refractivity contribution >= 4 is 17.7 Å². The second-order valence-corrected chi connectivity index (χ2v) is 5.29. The summed E-state index contributed by atoms with van der Waals surface area (Å²) in [7, 11) is 1.36. The number of aryl methyl sites for hydroxylation is 1. The first-order valence-corrected chi connectivity index (χ1v) is 7.28. The van der Waals surface area contributed by atoms with Crippen LogP contribution < -0.4 is 0 Å². The highest BCUT2D eigenvalue weighted by molar-refractivity contribution is 7.99. The van der Waals surface area contributed by atoms with Crippen LogP contribution in [0.1, 0.15) is 42.2 Å². The van der Waals surface area contributed by atoms with Crippen molar-refractivity contribution in [2.45, 2.75) is 37.5 Å². The number of carbonyl (C=O) groups is 1. The molecule has 0 radical (unpaired) electrons. The maximum atomic E-state index is 11.6. The monoisotopic (exact) mass is 278 g/mol. The summed E-state index contributed by atoms with van der Waals surface area (Å²) in [6.45, 7) is 2.03. The highest BCUT2D eigenvalue weighted by Gasteiger charge is 2.14. The van der Waals surface area contributed by atoms with Gasteiger partial charge in [-0.05, 0) is 36.6 Å². The van der Waals surface area contributed by atoms with Gasteiger partial charge in [0.25, 0.3) is 0 Å². The van der Waals surface area contributed by atoms with Gasteiger partial charge >= 0.3 is 5.97 Å². The maximum absolute atomic E-state index is 11.6. The van der Waals surface area contributed by atoms with E-state index < -0.39 is 5.97 Å². The molecule has 0 saturated carbocycles. The molecule has 4 nitrogen and oxygen atoms in total. The second kappa shape index (κ2) is 8.54. The molecule has 1 aromatic rings. The van der Waals surface area contributed by atoms with Gasteiger partial charge in [0, 0.05) is 17.5 Å². The molecule has 102 valence electrons. The molecule has 0 fully saturated rings. The van der Waals surface area contributed by atoms with Gasteiger partial charge in [0.15, 0.2) is 5.69 Å². The van der Waals surface area contributed by atoms with Gasteiger partial charge in [-0.15, -0.1) is 11.8 Å². The lowest BCUT2D eigenvalue weighted by Crippen LogP contribution is -2.07. The summed E-state index contributed by atoms with van der Waals surface area (Å²) in [5.74, 6) is 0.482. The largest absolute Gasteiger partial charge is 0.464 e. The zero-order chi connectivity index (χ0) is 14.1. The molecule has 0 aliphatic rings. The Morgan fingerprint density at radius 1 is 1.53 bits per heavy atom. The van der Waals surface area contributed by atoms with Crippen LogP contribution in [0.25, 0.3) is 0 Å². The maximum Gasteiger partial charge on any atom is 0.357 e. The number of thioether (sulfide) groups is 1. The third-order valence-corrected chi connectivity index (χ3v) is 3.50. The van der Waals surface area contributed by atoms with Crippen LogP contribution in [-0.4, -0.2) is 23.8 Å². The molecule has 0 saturated heterocycles. The zero-order valence-electron chi connectivity index (χ0n) is 11.3. The summed E-state index contributed by atoms with van der Waals surface area (Å²) in [5, 5.41) is 8.49. The number of methoxy groups -OCH3 is 1. The number of esters is 1. The van der Waals surface area contributed by atoms with Gasteiger partial charge < -0.3 is 4.74 Å². The molecule has 0 spiro atoms. The molecular formula is C14H18N2O2S. The third kappa shape index (κ3) is 4.92. The molecule has 0 atom stereocenters. The summed E-state index contributed by atoms with van der Waals surface area (Å²) in [6.07, 6.45) is 5.05. The zero-order valence-corrected chi connectivity index (χ0v) is 12.1. The normalized spacial score (nSPS) is 9.95. The number of aromatic nitrogens is 1. The topological polar surface area (TPSA) is 63.0 Å². The van der Waals surface area contributed by atoms with Gasteiger partial charge in [0.05, 0.1) is 13.2 Å². The average Bonchev–Trinajstić information content (AvgIpc) is 2.43. The fourth-order valence-corrected chi connectivity index (χ4v) is 2.49. The van der Waals surface area contributed by atoms with E-state index in [-0.39, 0.29) is 0 Å². The smallest absolute Gasteiger partial charge is 0.357 e. The molecular weight excluding hydrogens is 260 g/mol. The van der Waals surface area contributed by atoms with E-state index in [4.69, 9.17) is 10.00 Å². The molecule has 0 amide bonds. The van der Waals surface area contributed by atoms with E-state index in [1.165, 1.54) is 7.11 Å². The van der Waals surface area contributed by atoms with Crippen LogP contribution in [0, 0.1) is 11.3 Å². The molecule has 0 bridgehead atoms. The molecule has 0 aliphatic heterocycles. The first kappa shape index (κ1) is 15.5. The minimum Gasteiger partial charge on any atom is -0.464 e. The van der Waals surface area contributed by atoms with E-state index in [0.717, 1.165) is 35.5 Å². The van der Waals surface area contributed by atoms with Gasteiger partial charge in [-0.3, -0.25) is 0 Å². The SMILES string of the molecule is CCSc1cc(CCCCC#N)cnc1C(=O)OC. The van der Waals surface area contributed by atoms with Crippen molar-refractivity contribution in [3.63, 3.8) is 0 Å². The second-order valence-electron chi connectivity index (χ2n) is 3.98. The number of unbranched alkanes of at least 4 members (excludes halogenated alkanes) is 2. The van der Waals surface area contributed by atoms with Crippen molar-refractivity contribution < 1.29 is 9.53 Å². The predicted octanol–water partition coefficient (Wildman–Crippen LogP) is 3.22. The van der Waals surface area contributed by atoms with Gasteiger partial charge in [0.2, 0.25) is 0 Å². The number of carbonyl (C=O) groups excluding carboxylic acids is 1. The summed E-state index contributed by atoms with van der Waals surface area (Å²) >= 11 is 1.59. The Labute approximate surface area is 118 Å². The first-order chi connectivity index (χ1) is 9.22. The number of nitriles is 1. The van der Waals surface area contributed by atoms with Crippen molar-refractivity contribution in [2.75, 3.05) is 12.9 Å². The number of hydrogen-bond donors (Lipinski definition) is 0. The Balaban J connectivity index is 2.78. The van der Waals surface area contributed by atoms with E-state index in [1.807, 2.05) is 13.0 Å². The molecule has 0 aliphatic carbocycles. The van der Waals surface area contributed by atoms with Crippen LogP contribution >= 0.6 is 11.8 Å². The van der Waals surface area contributed by atoms with E-state index in [1.54, 1.807) is 18.0 Å². The van der Waals surface area contributed by atoms with Gasteiger partial charge in [-0.25, -0.2) is 9.78 Å². The summed E-state index contributed by atoms with van der Waals surface area (Å²) in [4.78, 5) is 16.7. The fourth-order valence-electron chi connectivity index (χ4n) is 1.67. The van der Waals surface area contributed by atoms with Crippen LogP contribution in [0.5, 0.6) is 0 Å². The lowest BCUT2D eigenvalue weighted by Gasteiger charge is -2.08. The van der Waals surface area contributed by atoms with Crippen molar-refractivity contribution in [2.24, 2.45) is 0 Å². The third-order valence-electron chi connectivity index (χ3n) is 2.59. The standard InChI is InChI=1S/C14H18N2O2S/c1-3-19-12-9-11(7-5-4-6-8-15)10-16-13(12)14(17)18-2/h9-10H,3-7H2,1-2H3. The minimum atomic E-state index is -0.396. The molecule has 1 heterocycles. The molecule has 5 heteroatoms. The van der Waals surface area contributed by atoms with Crippen molar-refractivity contribution in [1.29, 1.82) is 5.26 Å². The molecule has 19 heavy (non-hydrogen) atoms. The number of hydrogen-bond acceptors (Lipinski definition) is 5. The van der Waals surface area contributed by atoms with E-state index in [2.05, 4.69) is 11.1 Å². The van der Waals surface area contributed by atoms with Crippen LogP contribution in [0.15, 0.2) is 17.2 Å². The average molecular weight is 278 g/mol. The summed E-state index contributed by atoms with van der Waals surface area (Å²) < 4.78 is 4.73. The molecule has 0 aromatic carbocycles. The highest BCUT2D eigenvalue weighted by atomic mass is 32.2. The van der Waals surface area contributed by atoms with Gasteiger partial charge in [0.1, 0.15) is 0 Å². The van der Waals surface area contributed by atoms with Crippen LogP contribution in [0.2, 0.25) is 0 Å². The summed E-state index contributed by atoms with van der Waals surface area (Å²) in [5.41, 5.74) is 1.48. The van der Waals surface area contributed by atoms with Crippen LogP contribution in [0.4, 0.5) is 0 Å². The van der Waals surface area contributed by atoms with Gasteiger partial charge in [-0.2, -0.15) is 5.26 Å². The molecule has 1 rings (SSSR count). The Hall–Kier alpha value is -1.54. The lowest BCUT2D eigenvalue weighted by molar-refractivity contribution is 0.0589. The molecule has 0 N–H and O–H groups in total. The van der Waals surface area contributed by atoms with Crippen LogP contribution in [-0.2, 0) is 11.2 Å². The van der Waals surface area contributed by atoms with Crippen LogP contribution in [0.3, 0.4) is 0 Å². The predicted molar refractivity (Wildman–Crippen MR) is 75.1 cm³/mol. The molecule has 0 unspecified atom stereocenters. The number of pyridine rings is 1. The number of rotatable bonds is 7. The minimum absolute atomic E-state index is 0.384. The van der Waals surface area contributed by atoms with E-state index in [9.17, 15) is 4.79 Å². The fraction of sp³-hybridized carbons (Fsp3) is 0.500. The first-order valence-electron chi connectivity index (χ1n) is 6.29. The Bertz CT molecular complexity index is 469.